The van der Waals surface area contributed by atoms with Crippen LogP contribution in [0.15, 0.2) is 65.6 Å². The molecule has 5 rings (SSSR count). The van der Waals surface area contributed by atoms with Gasteiger partial charge in [-0.2, -0.15) is 18.3 Å². The molecule has 0 unspecified atom stereocenters. The molecule has 1 aromatic heterocycles. The number of carboxylic acid groups (broad SMARTS) is 1. The molecule has 1 aliphatic heterocycles. The summed E-state index contributed by atoms with van der Waals surface area (Å²) in [7, 11) is -2.64. The monoisotopic (exact) mass is 585 g/mol. The van der Waals surface area contributed by atoms with Gasteiger partial charge in [-0.1, -0.05) is 30.3 Å². The zero-order chi connectivity index (χ0) is 29.5. The summed E-state index contributed by atoms with van der Waals surface area (Å²) in [6.45, 7) is 1.71. The lowest BCUT2D eigenvalue weighted by Gasteiger charge is -2.35. The van der Waals surface area contributed by atoms with Crippen LogP contribution in [0.25, 0.3) is 23.1 Å². The fraction of sp³-hybridized carbons (Fsp3) is 0.241. The number of benzene rings is 3. The second-order valence-electron chi connectivity index (χ2n) is 9.77. The highest BCUT2D eigenvalue weighted by Crippen LogP contribution is 2.40. The fourth-order valence-corrected chi connectivity index (χ4v) is 6.41. The number of nitrogens with zero attached hydrogens (tertiary/aromatic N) is 3. The quantitative estimate of drug-likeness (QED) is 0.290. The van der Waals surface area contributed by atoms with Crippen molar-refractivity contribution in [3.05, 3.63) is 83.0 Å². The van der Waals surface area contributed by atoms with Crippen LogP contribution in [0.1, 0.15) is 35.2 Å². The van der Waals surface area contributed by atoms with Crippen LogP contribution in [0.5, 0.6) is 5.75 Å². The molecule has 0 aliphatic carbocycles. The molecule has 1 aliphatic rings. The van der Waals surface area contributed by atoms with Gasteiger partial charge in [0.05, 0.1) is 33.9 Å². The first-order valence-corrected chi connectivity index (χ1v) is 14.1. The van der Waals surface area contributed by atoms with Crippen molar-refractivity contribution in [2.24, 2.45) is 7.05 Å². The van der Waals surface area contributed by atoms with E-state index in [0.29, 0.717) is 11.6 Å². The average Bonchev–Trinajstić information content (AvgIpc) is 3.26. The number of aryl methyl sites for hydroxylation is 2. The molecule has 0 saturated heterocycles. The molecule has 12 heteroatoms. The molecule has 41 heavy (non-hydrogen) atoms. The van der Waals surface area contributed by atoms with Crippen LogP contribution in [-0.2, 0) is 28.0 Å². The van der Waals surface area contributed by atoms with E-state index in [1.165, 1.54) is 0 Å². The van der Waals surface area contributed by atoms with Crippen molar-refractivity contribution in [1.29, 1.82) is 0 Å². The first-order chi connectivity index (χ1) is 19.3. The van der Waals surface area contributed by atoms with Gasteiger partial charge in [-0.15, -0.1) is 0 Å². The minimum absolute atomic E-state index is 0.0111. The van der Waals surface area contributed by atoms with Crippen LogP contribution in [-0.4, -0.2) is 41.9 Å². The predicted molar refractivity (Wildman–Crippen MR) is 148 cm³/mol. The summed E-state index contributed by atoms with van der Waals surface area (Å²) in [6.07, 6.45) is -2.23. The smallest absolute Gasteiger partial charge is 0.416 e. The topological polar surface area (TPSA) is 102 Å². The Balaban J connectivity index is 1.55. The van der Waals surface area contributed by atoms with E-state index in [9.17, 15) is 26.4 Å². The maximum absolute atomic E-state index is 13.7. The summed E-state index contributed by atoms with van der Waals surface area (Å²) in [4.78, 5) is 10.6. The highest BCUT2D eigenvalue weighted by Gasteiger charge is 2.37. The van der Waals surface area contributed by atoms with Gasteiger partial charge in [-0.25, -0.2) is 8.42 Å². The van der Waals surface area contributed by atoms with Gasteiger partial charge in [0.1, 0.15) is 11.9 Å². The number of aromatic nitrogens is 2. The van der Waals surface area contributed by atoms with Crippen molar-refractivity contribution in [3.63, 3.8) is 0 Å². The van der Waals surface area contributed by atoms with Gasteiger partial charge in [0.25, 0.3) is 10.0 Å². The van der Waals surface area contributed by atoms with Crippen LogP contribution in [0.4, 0.5) is 18.9 Å². The molecular formula is C29H26F3N3O5S. The van der Waals surface area contributed by atoms with Gasteiger partial charge >= 0.3 is 12.1 Å². The zero-order valence-corrected chi connectivity index (χ0v) is 22.9. The Labute approximate surface area is 234 Å². The van der Waals surface area contributed by atoms with Gasteiger partial charge < -0.3 is 9.84 Å². The predicted octanol–water partition coefficient (Wildman–Crippen LogP) is 5.89. The molecule has 1 N–H and O–H groups in total. The number of halogens is 3. The second kappa shape index (κ2) is 10.6. The van der Waals surface area contributed by atoms with Crippen LogP contribution >= 0.6 is 0 Å². The van der Waals surface area contributed by atoms with Crippen molar-refractivity contribution in [3.8, 4) is 5.75 Å². The van der Waals surface area contributed by atoms with Gasteiger partial charge in [-0.3, -0.25) is 13.8 Å². The molecule has 4 aromatic rings. The largest absolute Gasteiger partial charge is 0.486 e. The molecule has 0 amide bonds. The molecular weight excluding hydrogens is 559 g/mol. The Morgan fingerprint density at radius 3 is 2.61 bits per heavy atom. The molecule has 0 spiro atoms. The first kappa shape index (κ1) is 28.2. The molecule has 1 atom stereocenters. The minimum Gasteiger partial charge on any atom is -0.486 e. The lowest BCUT2D eigenvalue weighted by atomic mass is 10.1. The fourth-order valence-electron chi connectivity index (χ4n) is 4.87. The molecule has 3 aromatic carbocycles. The molecule has 214 valence electrons. The van der Waals surface area contributed by atoms with Crippen molar-refractivity contribution in [2.45, 2.75) is 36.9 Å². The molecule has 2 heterocycles. The van der Waals surface area contributed by atoms with Crippen LogP contribution in [0.3, 0.4) is 0 Å². The lowest BCUT2D eigenvalue weighted by molar-refractivity contribution is -0.138. The van der Waals surface area contributed by atoms with E-state index in [2.05, 4.69) is 5.10 Å². The van der Waals surface area contributed by atoms with Gasteiger partial charge in [-0.05, 0) is 66.9 Å². The number of hydrogen-bond acceptors (Lipinski definition) is 5. The third kappa shape index (κ3) is 5.64. The average molecular weight is 586 g/mol. The van der Waals surface area contributed by atoms with Crippen molar-refractivity contribution in [1.82, 2.24) is 9.78 Å². The number of ether oxygens (including phenoxy) is 1. The SMILES string of the molecule is Cc1cccc2c1c(/C=C/c1ccc3c(c1)N(S(=O)(=O)c1cccc(C(F)(F)F)c1)C[C@H](CCC(=O)O)O3)nn2C. The van der Waals surface area contributed by atoms with E-state index in [1.54, 1.807) is 29.0 Å². The minimum atomic E-state index is -4.73. The number of fused-ring (bicyclic) bond motifs is 2. The Morgan fingerprint density at radius 1 is 1.12 bits per heavy atom. The number of hydrogen-bond donors (Lipinski definition) is 1. The first-order valence-electron chi connectivity index (χ1n) is 12.7. The molecule has 0 saturated carbocycles. The summed E-state index contributed by atoms with van der Waals surface area (Å²) in [6, 6.07) is 14.3. The van der Waals surface area contributed by atoms with Crippen molar-refractivity contribution >= 4 is 44.7 Å². The summed E-state index contributed by atoms with van der Waals surface area (Å²) in [5.41, 5.74) is 2.36. The second-order valence-corrected chi connectivity index (χ2v) is 11.6. The van der Waals surface area contributed by atoms with Gasteiger partial charge in [0, 0.05) is 18.9 Å². The maximum atomic E-state index is 13.7. The number of aliphatic carboxylic acids is 1. The normalized spacial score (nSPS) is 15.7. The number of carboxylic acids is 1. The summed E-state index contributed by atoms with van der Waals surface area (Å²) >= 11 is 0. The Kier molecular flexibility index (Phi) is 7.28. The van der Waals surface area contributed by atoms with Crippen LogP contribution < -0.4 is 9.04 Å². The Bertz CT molecular complexity index is 1780. The summed E-state index contributed by atoms with van der Waals surface area (Å²) in [5.74, 6) is -0.900. The molecule has 0 radical (unpaired) electrons. The zero-order valence-electron chi connectivity index (χ0n) is 22.1. The van der Waals surface area contributed by atoms with E-state index in [1.807, 2.05) is 38.2 Å². The summed E-state index contributed by atoms with van der Waals surface area (Å²) < 4.78 is 76.3. The van der Waals surface area contributed by atoms with Gasteiger partial charge in [0.15, 0.2) is 0 Å². The number of carbonyl (C=O) groups is 1. The highest BCUT2D eigenvalue weighted by atomic mass is 32.2. The Morgan fingerprint density at radius 2 is 1.88 bits per heavy atom. The van der Waals surface area contributed by atoms with Crippen LogP contribution in [0, 0.1) is 6.92 Å². The lowest BCUT2D eigenvalue weighted by Crippen LogP contribution is -2.43. The van der Waals surface area contributed by atoms with Crippen molar-refractivity contribution in [2.75, 3.05) is 10.8 Å². The van der Waals surface area contributed by atoms with Crippen molar-refractivity contribution < 1.29 is 36.2 Å². The summed E-state index contributed by atoms with van der Waals surface area (Å²) in [5, 5.41) is 14.7. The number of alkyl halides is 3. The maximum Gasteiger partial charge on any atom is 0.416 e. The highest BCUT2D eigenvalue weighted by molar-refractivity contribution is 7.92. The van der Waals surface area contributed by atoms with Crippen LogP contribution in [0.2, 0.25) is 0 Å². The molecule has 0 fully saturated rings. The molecule has 8 nitrogen and oxygen atoms in total. The van der Waals surface area contributed by atoms with E-state index in [0.717, 1.165) is 44.7 Å². The van der Waals surface area contributed by atoms with E-state index < -0.39 is 38.7 Å². The van der Waals surface area contributed by atoms with Gasteiger partial charge in [0.2, 0.25) is 0 Å². The third-order valence-electron chi connectivity index (χ3n) is 6.89. The Hall–Kier alpha value is -4.32. The van der Waals surface area contributed by atoms with E-state index >= 15 is 0 Å². The standard InChI is InChI=1S/C29H26F3N3O5S/c1-18-5-3-8-24-28(18)23(33-34(24)2)12-9-19-10-13-26-25(15-19)35(17-21(40-26)11-14-27(36)37)41(38,39)22-7-4-6-20(16-22)29(30,31)32/h3-10,12-13,15-16,21H,11,14,17H2,1-2H3,(H,36,37)/b12-9+/t21-/m0/s1. The number of rotatable bonds is 7. The van der Waals surface area contributed by atoms with E-state index in [-0.39, 0.29) is 30.8 Å². The number of sulfonamides is 1. The van der Waals surface area contributed by atoms with E-state index in [4.69, 9.17) is 9.84 Å². The molecule has 0 bridgehead atoms. The third-order valence-corrected chi connectivity index (χ3v) is 8.67. The number of anilines is 1.